The van der Waals surface area contributed by atoms with Crippen molar-refractivity contribution in [2.24, 2.45) is 0 Å². The van der Waals surface area contributed by atoms with Gasteiger partial charge in [0.1, 0.15) is 0 Å². The molecule has 0 amide bonds. The Bertz CT molecular complexity index is 847. The smallest absolute Gasteiger partial charge is 0.286 e. The van der Waals surface area contributed by atoms with Gasteiger partial charge in [0.05, 0.1) is 5.56 Å². The lowest BCUT2D eigenvalue weighted by Gasteiger charge is -2.19. The van der Waals surface area contributed by atoms with Crippen molar-refractivity contribution < 1.29 is 13.2 Å². The lowest BCUT2D eigenvalue weighted by atomic mass is 10.2. The van der Waals surface area contributed by atoms with Crippen molar-refractivity contribution in [3.8, 4) is 0 Å². The number of hydrogen-bond acceptors (Lipinski definition) is 3. The normalized spacial score (nSPS) is 11.6. The maximum absolute atomic E-state index is 13.0. The molecule has 2 aromatic carbocycles. The summed E-state index contributed by atoms with van der Waals surface area (Å²) in [7, 11) is 0. The highest BCUT2D eigenvalue weighted by Gasteiger charge is 2.30. The molecular formula is C19H14F3N3. The molecule has 0 bridgehead atoms. The predicted octanol–water partition coefficient (Wildman–Crippen LogP) is 5.30. The molecule has 0 aliphatic carbocycles. The van der Waals surface area contributed by atoms with Gasteiger partial charge in [-0.1, -0.05) is 36.4 Å². The summed E-state index contributed by atoms with van der Waals surface area (Å²) in [6.07, 6.45) is 2.11. The second-order valence-electron chi connectivity index (χ2n) is 5.19. The van der Waals surface area contributed by atoms with Crippen LogP contribution in [0.3, 0.4) is 0 Å². The van der Waals surface area contributed by atoms with Crippen LogP contribution in [0.25, 0.3) is 6.08 Å². The zero-order chi connectivity index (χ0) is 17.7. The maximum Gasteiger partial charge on any atom is 0.416 e. The van der Waals surface area contributed by atoms with E-state index in [1.54, 1.807) is 36.8 Å². The summed E-state index contributed by atoms with van der Waals surface area (Å²) in [6.45, 7) is 0. The fourth-order valence-corrected chi connectivity index (χ4v) is 2.24. The number of rotatable bonds is 4. The zero-order valence-corrected chi connectivity index (χ0v) is 13.1. The summed E-state index contributed by atoms with van der Waals surface area (Å²) in [5, 5.41) is 0. The Morgan fingerprint density at radius 1 is 0.840 bits per heavy atom. The predicted molar refractivity (Wildman–Crippen MR) is 91.1 cm³/mol. The van der Waals surface area contributed by atoms with Crippen molar-refractivity contribution >= 4 is 17.7 Å². The summed E-state index contributed by atoms with van der Waals surface area (Å²) in [4.78, 5) is 9.80. The quantitative estimate of drug-likeness (QED) is 0.644. The van der Waals surface area contributed by atoms with Crippen LogP contribution in [0.5, 0.6) is 0 Å². The van der Waals surface area contributed by atoms with Crippen molar-refractivity contribution in [2.45, 2.75) is 6.18 Å². The first-order valence-electron chi connectivity index (χ1n) is 7.51. The zero-order valence-electron chi connectivity index (χ0n) is 13.1. The largest absolute Gasteiger partial charge is 0.416 e. The minimum atomic E-state index is -4.41. The molecular weight excluding hydrogens is 327 g/mol. The van der Waals surface area contributed by atoms with Gasteiger partial charge in [0.25, 0.3) is 0 Å². The number of halogens is 3. The molecule has 0 saturated heterocycles. The molecule has 0 spiro atoms. The Kier molecular flexibility index (Phi) is 4.79. The van der Waals surface area contributed by atoms with E-state index in [4.69, 9.17) is 0 Å². The second kappa shape index (κ2) is 7.17. The summed E-state index contributed by atoms with van der Waals surface area (Å²) in [5.41, 5.74) is 0.516. The minimum absolute atomic E-state index is 0.286. The van der Waals surface area contributed by atoms with Gasteiger partial charge in [0.2, 0.25) is 5.95 Å². The van der Waals surface area contributed by atoms with E-state index in [0.717, 1.165) is 17.7 Å². The summed E-state index contributed by atoms with van der Waals surface area (Å²) in [5.74, 6) is 0.286. The molecule has 0 saturated carbocycles. The van der Waals surface area contributed by atoms with Crippen LogP contribution in [-0.2, 0) is 6.18 Å². The molecule has 1 aromatic heterocycles. The van der Waals surface area contributed by atoms with Crippen molar-refractivity contribution in [1.29, 1.82) is 0 Å². The molecule has 25 heavy (non-hydrogen) atoms. The van der Waals surface area contributed by atoms with Crippen LogP contribution in [-0.4, -0.2) is 9.97 Å². The molecule has 6 heteroatoms. The molecule has 0 aliphatic rings. The van der Waals surface area contributed by atoms with Crippen LogP contribution in [0.1, 0.15) is 11.1 Å². The molecule has 3 aromatic rings. The first kappa shape index (κ1) is 16.7. The molecule has 0 fully saturated rings. The summed E-state index contributed by atoms with van der Waals surface area (Å²) >= 11 is 0. The Hall–Kier alpha value is -3.15. The molecule has 0 unspecified atom stereocenters. The number of benzene rings is 2. The molecule has 0 N–H and O–H groups in total. The maximum atomic E-state index is 13.0. The Labute approximate surface area is 143 Å². The standard InChI is InChI=1S/C19H14F3N3/c20-19(21,22)16-8-4-9-17(14-16)25(18-23-11-5-12-24-18)13-10-15-6-2-1-3-7-15/h1-14H/b13-10+. The number of alkyl halides is 3. The van der Waals surface area contributed by atoms with Gasteiger partial charge in [-0.25, -0.2) is 9.97 Å². The van der Waals surface area contributed by atoms with Gasteiger partial charge in [-0.2, -0.15) is 13.2 Å². The van der Waals surface area contributed by atoms with Crippen molar-refractivity contribution in [3.63, 3.8) is 0 Å². The van der Waals surface area contributed by atoms with E-state index in [1.165, 1.54) is 11.0 Å². The minimum Gasteiger partial charge on any atom is -0.286 e. The van der Waals surface area contributed by atoms with Crippen LogP contribution in [0.15, 0.2) is 79.3 Å². The van der Waals surface area contributed by atoms with Gasteiger partial charge < -0.3 is 0 Å². The van der Waals surface area contributed by atoms with Crippen LogP contribution in [0.2, 0.25) is 0 Å². The lowest BCUT2D eigenvalue weighted by molar-refractivity contribution is -0.137. The van der Waals surface area contributed by atoms with Crippen molar-refractivity contribution in [3.05, 3.63) is 90.4 Å². The van der Waals surface area contributed by atoms with Crippen molar-refractivity contribution in [2.75, 3.05) is 4.90 Å². The second-order valence-corrected chi connectivity index (χ2v) is 5.19. The third-order valence-corrected chi connectivity index (χ3v) is 3.43. The van der Waals surface area contributed by atoms with E-state index < -0.39 is 11.7 Å². The molecule has 1 heterocycles. The fourth-order valence-electron chi connectivity index (χ4n) is 2.24. The lowest BCUT2D eigenvalue weighted by Crippen LogP contribution is -2.13. The summed E-state index contributed by atoms with van der Waals surface area (Å²) in [6, 6.07) is 16.2. The van der Waals surface area contributed by atoms with Crippen LogP contribution < -0.4 is 4.90 Å². The van der Waals surface area contributed by atoms with Crippen molar-refractivity contribution in [1.82, 2.24) is 9.97 Å². The molecule has 0 radical (unpaired) electrons. The monoisotopic (exact) mass is 341 g/mol. The Morgan fingerprint density at radius 3 is 2.24 bits per heavy atom. The Balaban J connectivity index is 2.02. The first-order chi connectivity index (χ1) is 12.0. The van der Waals surface area contributed by atoms with E-state index in [1.807, 2.05) is 30.3 Å². The third kappa shape index (κ3) is 4.23. The van der Waals surface area contributed by atoms with Crippen LogP contribution in [0, 0.1) is 0 Å². The topological polar surface area (TPSA) is 29.0 Å². The van der Waals surface area contributed by atoms with Gasteiger partial charge in [0.15, 0.2) is 0 Å². The van der Waals surface area contributed by atoms with Gasteiger partial charge in [-0.15, -0.1) is 0 Å². The SMILES string of the molecule is FC(F)(F)c1cccc(N(/C=C/c2ccccc2)c2ncccn2)c1. The Morgan fingerprint density at radius 2 is 1.56 bits per heavy atom. The van der Waals surface area contributed by atoms with Gasteiger partial charge in [-0.3, -0.25) is 4.90 Å². The van der Waals surface area contributed by atoms with E-state index in [0.29, 0.717) is 5.69 Å². The van der Waals surface area contributed by atoms with Gasteiger partial charge in [0, 0.05) is 24.3 Å². The van der Waals surface area contributed by atoms with Crippen LogP contribution in [0.4, 0.5) is 24.8 Å². The third-order valence-electron chi connectivity index (χ3n) is 3.43. The highest BCUT2D eigenvalue weighted by Crippen LogP contribution is 2.33. The van der Waals surface area contributed by atoms with Gasteiger partial charge in [-0.05, 0) is 35.9 Å². The van der Waals surface area contributed by atoms with Crippen LogP contribution >= 0.6 is 0 Å². The van der Waals surface area contributed by atoms with E-state index >= 15 is 0 Å². The highest BCUT2D eigenvalue weighted by atomic mass is 19.4. The van der Waals surface area contributed by atoms with E-state index in [2.05, 4.69) is 9.97 Å². The number of anilines is 2. The fraction of sp³-hybridized carbons (Fsp3) is 0.0526. The average molecular weight is 341 g/mol. The number of hydrogen-bond donors (Lipinski definition) is 0. The van der Waals surface area contributed by atoms with Gasteiger partial charge >= 0.3 is 6.18 Å². The number of nitrogens with zero attached hydrogens (tertiary/aromatic N) is 3. The molecule has 0 aliphatic heterocycles. The van der Waals surface area contributed by atoms with E-state index in [-0.39, 0.29) is 5.95 Å². The average Bonchev–Trinajstić information content (AvgIpc) is 2.63. The molecule has 3 nitrogen and oxygen atoms in total. The molecule has 126 valence electrons. The number of aromatic nitrogens is 2. The summed E-state index contributed by atoms with van der Waals surface area (Å²) < 4.78 is 39.1. The molecule has 0 atom stereocenters. The molecule has 3 rings (SSSR count). The first-order valence-corrected chi connectivity index (χ1v) is 7.51. The van der Waals surface area contributed by atoms with E-state index in [9.17, 15) is 13.2 Å². The highest BCUT2D eigenvalue weighted by molar-refractivity contribution is 5.65.